The first-order chi connectivity index (χ1) is 10.0. The van der Waals surface area contributed by atoms with Gasteiger partial charge in [0.1, 0.15) is 5.75 Å². The van der Waals surface area contributed by atoms with Gasteiger partial charge in [0.05, 0.1) is 11.2 Å². The lowest BCUT2D eigenvalue weighted by Gasteiger charge is -2.07. The van der Waals surface area contributed by atoms with Crippen molar-refractivity contribution in [2.45, 2.75) is 13.3 Å². The van der Waals surface area contributed by atoms with Crippen molar-refractivity contribution in [1.29, 1.82) is 0 Å². The number of phenolic OH excluding ortho intramolecular Hbond substituents is 1. The van der Waals surface area contributed by atoms with E-state index < -0.39 is 0 Å². The lowest BCUT2D eigenvalue weighted by atomic mass is 10.2. The summed E-state index contributed by atoms with van der Waals surface area (Å²) in [7, 11) is 0. The summed E-state index contributed by atoms with van der Waals surface area (Å²) in [5.74, 6) is -0.0813. The molecule has 0 aliphatic heterocycles. The Morgan fingerprint density at radius 3 is 2.95 bits per heavy atom. The number of nitrogens with one attached hydrogen (secondary N) is 2. The monoisotopic (exact) mass is 349 g/mol. The van der Waals surface area contributed by atoms with Gasteiger partial charge in [-0.05, 0) is 37.7 Å². The molecule has 0 atom stereocenters. The number of hydrazone groups is 1. The summed E-state index contributed by atoms with van der Waals surface area (Å²) < 4.78 is 5.20. The molecule has 1 aromatic rings. The number of halogens is 2. The van der Waals surface area contributed by atoms with E-state index in [2.05, 4.69) is 15.8 Å². The molecule has 0 spiro atoms. The Morgan fingerprint density at radius 2 is 2.24 bits per heavy atom. The van der Waals surface area contributed by atoms with Crippen molar-refractivity contribution >= 4 is 46.7 Å². The Bertz CT molecular complexity index is 512. The van der Waals surface area contributed by atoms with E-state index in [1.165, 1.54) is 12.3 Å². The average Bonchev–Trinajstić information content (AvgIpc) is 2.43. The van der Waals surface area contributed by atoms with Gasteiger partial charge in [0.2, 0.25) is 0 Å². The molecule has 5 nitrogen and oxygen atoms in total. The lowest BCUT2D eigenvalue weighted by Crippen LogP contribution is -2.33. The highest BCUT2D eigenvalue weighted by Crippen LogP contribution is 2.29. The predicted molar refractivity (Wildman–Crippen MR) is 90.6 cm³/mol. The van der Waals surface area contributed by atoms with Gasteiger partial charge in [0.15, 0.2) is 5.11 Å². The fourth-order valence-electron chi connectivity index (χ4n) is 1.40. The van der Waals surface area contributed by atoms with Crippen LogP contribution >= 0.6 is 35.4 Å². The van der Waals surface area contributed by atoms with Crippen LogP contribution in [0, 0.1) is 0 Å². The Hall–Kier alpha value is -1.08. The molecule has 0 fully saturated rings. The first-order valence-corrected chi connectivity index (χ1v) is 7.53. The molecule has 0 aliphatic carbocycles. The average molecular weight is 350 g/mol. The fourth-order valence-corrected chi connectivity index (χ4v) is 2.07. The van der Waals surface area contributed by atoms with E-state index in [9.17, 15) is 5.11 Å². The molecule has 8 heteroatoms. The van der Waals surface area contributed by atoms with Crippen molar-refractivity contribution < 1.29 is 9.84 Å². The first kappa shape index (κ1) is 18.0. The van der Waals surface area contributed by atoms with Crippen molar-refractivity contribution in [3.05, 3.63) is 27.7 Å². The zero-order valence-corrected chi connectivity index (χ0v) is 13.9. The molecule has 0 radical (unpaired) electrons. The van der Waals surface area contributed by atoms with Gasteiger partial charge in [-0.1, -0.05) is 23.2 Å². The minimum absolute atomic E-state index is 0.0813. The molecule has 21 heavy (non-hydrogen) atoms. The van der Waals surface area contributed by atoms with Gasteiger partial charge in [0, 0.05) is 30.3 Å². The number of aromatic hydroxyl groups is 1. The molecule has 0 bridgehead atoms. The lowest BCUT2D eigenvalue weighted by molar-refractivity contribution is 0.145. The second kappa shape index (κ2) is 9.78. The highest BCUT2D eigenvalue weighted by Gasteiger charge is 2.05. The molecular weight excluding hydrogens is 333 g/mol. The summed E-state index contributed by atoms with van der Waals surface area (Å²) in [6, 6.07) is 3.00. The van der Waals surface area contributed by atoms with Crippen LogP contribution in [0.4, 0.5) is 0 Å². The van der Waals surface area contributed by atoms with Crippen LogP contribution in [-0.4, -0.2) is 36.2 Å². The smallest absolute Gasteiger partial charge is 0.186 e. The molecule has 0 saturated heterocycles. The van der Waals surface area contributed by atoms with Crippen LogP contribution in [0.5, 0.6) is 5.75 Å². The van der Waals surface area contributed by atoms with E-state index in [0.717, 1.165) is 6.42 Å². The third-order valence-corrected chi connectivity index (χ3v) is 3.12. The quantitative estimate of drug-likeness (QED) is 0.305. The van der Waals surface area contributed by atoms with Gasteiger partial charge < -0.3 is 15.2 Å². The van der Waals surface area contributed by atoms with Crippen molar-refractivity contribution in [3.63, 3.8) is 0 Å². The minimum Gasteiger partial charge on any atom is -0.506 e. The van der Waals surface area contributed by atoms with Gasteiger partial charge in [-0.25, -0.2) is 0 Å². The van der Waals surface area contributed by atoms with Crippen LogP contribution in [0.25, 0.3) is 0 Å². The first-order valence-electron chi connectivity index (χ1n) is 6.37. The van der Waals surface area contributed by atoms with Gasteiger partial charge >= 0.3 is 0 Å². The normalized spacial score (nSPS) is 10.8. The van der Waals surface area contributed by atoms with Gasteiger partial charge in [0.25, 0.3) is 0 Å². The second-order valence-corrected chi connectivity index (χ2v) is 5.25. The summed E-state index contributed by atoms with van der Waals surface area (Å²) in [6.07, 6.45) is 2.24. The zero-order chi connectivity index (χ0) is 15.7. The molecule has 3 N–H and O–H groups in total. The fraction of sp³-hybridized carbons (Fsp3) is 0.385. The van der Waals surface area contributed by atoms with Gasteiger partial charge in [-0.15, -0.1) is 0 Å². The summed E-state index contributed by atoms with van der Waals surface area (Å²) in [4.78, 5) is 0. The van der Waals surface area contributed by atoms with Crippen LogP contribution in [0.1, 0.15) is 18.9 Å². The van der Waals surface area contributed by atoms with Crippen molar-refractivity contribution in [3.8, 4) is 5.75 Å². The predicted octanol–water partition coefficient (Wildman–Crippen LogP) is 2.92. The molecule has 0 saturated carbocycles. The number of benzene rings is 1. The number of rotatable bonds is 7. The molecule has 0 aliphatic rings. The Labute approximate surface area is 139 Å². The number of nitrogens with zero attached hydrogens (tertiary/aromatic N) is 1. The van der Waals surface area contributed by atoms with E-state index in [-0.39, 0.29) is 10.8 Å². The summed E-state index contributed by atoms with van der Waals surface area (Å²) in [5.41, 5.74) is 3.04. The molecule has 0 heterocycles. The zero-order valence-electron chi connectivity index (χ0n) is 11.5. The van der Waals surface area contributed by atoms with Crippen molar-refractivity contribution in [1.82, 2.24) is 10.7 Å². The summed E-state index contributed by atoms with van der Waals surface area (Å²) in [5, 5.41) is 17.6. The maximum atomic E-state index is 9.74. The highest BCUT2D eigenvalue weighted by atomic mass is 35.5. The maximum Gasteiger partial charge on any atom is 0.186 e. The number of phenols is 1. The minimum atomic E-state index is -0.0813. The molecular formula is C13H17Cl2N3O2S. The number of ether oxygens (including phenoxy) is 1. The largest absolute Gasteiger partial charge is 0.506 e. The third kappa shape index (κ3) is 6.95. The van der Waals surface area contributed by atoms with E-state index in [4.69, 9.17) is 40.2 Å². The van der Waals surface area contributed by atoms with Crippen LogP contribution in [0.2, 0.25) is 10.0 Å². The maximum absolute atomic E-state index is 9.74. The van der Waals surface area contributed by atoms with Gasteiger partial charge in [-0.2, -0.15) is 5.10 Å². The van der Waals surface area contributed by atoms with E-state index in [1.54, 1.807) is 6.07 Å². The molecule has 0 amide bonds. The summed E-state index contributed by atoms with van der Waals surface area (Å²) >= 11 is 16.7. The van der Waals surface area contributed by atoms with E-state index in [0.29, 0.717) is 35.5 Å². The Kier molecular flexibility index (Phi) is 8.37. The van der Waals surface area contributed by atoms with Crippen LogP contribution in [-0.2, 0) is 4.74 Å². The highest BCUT2D eigenvalue weighted by molar-refractivity contribution is 7.80. The molecule has 116 valence electrons. The van der Waals surface area contributed by atoms with Crippen molar-refractivity contribution in [2.75, 3.05) is 19.8 Å². The van der Waals surface area contributed by atoms with E-state index >= 15 is 0 Å². The van der Waals surface area contributed by atoms with Gasteiger partial charge in [-0.3, -0.25) is 5.43 Å². The topological polar surface area (TPSA) is 65.9 Å². The van der Waals surface area contributed by atoms with Crippen LogP contribution in [0.3, 0.4) is 0 Å². The van der Waals surface area contributed by atoms with Crippen LogP contribution < -0.4 is 10.7 Å². The SMILES string of the molecule is CCOCCCNC(=S)N/N=C/c1cc(Cl)cc(Cl)c1O. The molecule has 0 aromatic heterocycles. The molecule has 1 aromatic carbocycles. The standard InChI is InChI=1S/C13H17Cl2N3O2S/c1-2-20-5-3-4-16-13(21)18-17-8-9-6-10(14)7-11(15)12(9)19/h6-8,19H,2-5H2,1H3,(H2,16,18,21)/b17-8+. The second-order valence-electron chi connectivity index (χ2n) is 4.00. The molecule has 1 rings (SSSR count). The molecule has 0 unspecified atom stereocenters. The number of hydrogen-bond donors (Lipinski definition) is 3. The summed E-state index contributed by atoms with van der Waals surface area (Å²) in [6.45, 7) is 4.03. The van der Waals surface area contributed by atoms with Crippen molar-refractivity contribution in [2.24, 2.45) is 5.10 Å². The third-order valence-electron chi connectivity index (χ3n) is 2.38. The Balaban J connectivity index is 2.39. The van der Waals surface area contributed by atoms with Crippen LogP contribution in [0.15, 0.2) is 17.2 Å². The van der Waals surface area contributed by atoms with E-state index in [1.807, 2.05) is 6.92 Å². The Morgan fingerprint density at radius 1 is 1.48 bits per heavy atom. The number of thiocarbonyl (C=S) groups is 1. The number of hydrogen-bond acceptors (Lipinski definition) is 4.